The van der Waals surface area contributed by atoms with Crippen LogP contribution in [-0.4, -0.2) is 20.3 Å². The molecular formula is C13H21NOS. The van der Waals surface area contributed by atoms with E-state index in [9.17, 15) is 0 Å². The van der Waals surface area contributed by atoms with Gasteiger partial charge in [0.05, 0.1) is 0 Å². The van der Waals surface area contributed by atoms with Crippen molar-refractivity contribution in [1.82, 2.24) is 5.32 Å². The van der Waals surface area contributed by atoms with Crippen LogP contribution in [0.5, 0.6) is 0 Å². The molecule has 0 spiro atoms. The van der Waals surface area contributed by atoms with Crippen molar-refractivity contribution < 1.29 is 4.74 Å². The van der Waals surface area contributed by atoms with Crippen molar-refractivity contribution in [2.75, 3.05) is 20.3 Å². The molecule has 1 N–H and O–H groups in total. The Hall–Kier alpha value is -0.380. The molecule has 0 radical (unpaired) electrons. The van der Waals surface area contributed by atoms with E-state index in [4.69, 9.17) is 4.74 Å². The number of thiophene rings is 1. The van der Waals surface area contributed by atoms with Crippen LogP contribution in [0.3, 0.4) is 0 Å². The molecule has 1 aromatic heterocycles. The summed E-state index contributed by atoms with van der Waals surface area (Å²) >= 11 is 1.89. The van der Waals surface area contributed by atoms with E-state index in [-0.39, 0.29) is 0 Å². The van der Waals surface area contributed by atoms with E-state index in [0.29, 0.717) is 5.41 Å². The summed E-state index contributed by atoms with van der Waals surface area (Å²) in [6.07, 6.45) is 3.94. The number of ether oxygens (including phenoxy) is 1. The lowest BCUT2D eigenvalue weighted by Gasteiger charge is -2.14. The molecule has 0 aliphatic heterocycles. The van der Waals surface area contributed by atoms with E-state index >= 15 is 0 Å². The topological polar surface area (TPSA) is 21.3 Å². The number of nitrogens with one attached hydrogen (secondary N) is 1. The minimum Gasteiger partial charge on any atom is -0.385 e. The first kappa shape index (κ1) is 12.1. The standard InChI is InChI=1S/C13H21NOS/c1-11-3-4-12(16-11)9-14-10-13(5-6-13)7-8-15-2/h3-4,14H,5-10H2,1-2H3. The van der Waals surface area contributed by atoms with Crippen molar-refractivity contribution in [3.05, 3.63) is 21.9 Å². The van der Waals surface area contributed by atoms with E-state index in [1.807, 2.05) is 11.3 Å². The average Bonchev–Trinajstić information content (AvgIpc) is 2.92. The molecule has 0 atom stereocenters. The zero-order valence-corrected chi connectivity index (χ0v) is 11.0. The van der Waals surface area contributed by atoms with Crippen molar-refractivity contribution in [3.8, 4) is 0 Å². The Morgan fingerprint density at radius 3 is 2.81 bits per heavy atom. The largest absolute Gasteiger partial charge is 0.385 e. The van der Waals surface area contributed by atoms with Crippen LogP contribution in [-0.2, 0) is 11.3 Å². The average molecular weight is 239 g/mol. The van der Waals surface area contributed by atoms with Crippen molar-refractivity contribution >= 4 is 11.3 Å². The molecule has 90 valence electrons. The van der Waals surface area contributed by atoms with Crippen LogP contribution < -0.4 is 5.32 Å². The molecule has 2 nitrogen and oxygen atoms in total. The molecule has 2 rings (SSSR count). The molecule has 1 aliphatic rings. The number of aryl methyl sites for hydroxylation is 1. The maximum absolute atomic E-state index is 5.16. The highest BCUT2D eigenvalue weighted by Crippen LogP contribution is 2.48. The van der Waals surface area contributed by atoms with Crippen LogP contribution in [0.2, 0.25) is 0 Å². The van der Waals surface area contributed by atoms with Gasteiger partial charge in [0.2, 0.25) is 0 Å². The van der Waals surface area contributed by atoms with Gasteiger partial charge in [0.25, 0.3) is 0 Å². The Bertz CT molecular complexity index is 330. The zero-order chi connectivity index (χ0) is 11.4. The maximum Gasteiger partial charge on any atom is 0.0468 e. The van der Waals surface area contributed by atoms with Gasteiger partial charge >= 0.3 is 0 Å². The summed E-state index contributed by atoms with van der Waals surface area (Å²) in [7, 11) is 1.79. The van der Waals surface area contributed by atoms with E-state index in [1.54, 1.807) is 7.11 Å². The predicted octanol–water partition coefficient (Wildman–Crippen LogP) is 2.96. The third-order valence-corrected chi connectivity index (χ3v) is 4.39. The van der Waals surface area contributed by atoms with E-state index in [2.05, 4.69) is 24.4 Å². The second kappa shape index (κ2) is 5.30. The number of methoxy groups -OCH3 is 1. The monoisotopic (exact) mass is 239 g/mol. The van der Waals surface area contributed by atoms with Gasteiger partial charge in [0.1, 0.15) is 0 Å². The number of hydrogen-bond donors (Lipinski definition) is 1. The summed E-state index contributed by atoms with van der Waals surface area (Å²) in [5.41, 5.74) is 0.558. The van der Waals surface area contributed by atoms with Gasteiger partial charge in [-0.05, 0) is 43.7 Å². The molecule has 0 aromatic carbocycles. The Balaban J connectivity index is 1.68. The Kier molecular flexibility index (Phi) is 4.00. The molecule has 0 saturated heterocycles. The highest BCUT2D eigenvalue weighted by Gasteiger charge is 2.41. The fraction of sp³-hybridized carbons (Fsp3) is 0.692. The number of hydrogen-bond acceptors (Lipinski definition) is 3. The molecule has 1 aliphatic carbocycles. The normalized spacial score (nSPS) is 17.6. The van der Waals surface area contributed by atoms with Crippen LogP contribution in [0, 0.1) is 12.3 Å². The van der Waals surface area contributed by atoms with Crippen molar-refractivity contribution in [2.24, 2.45) is 5.41 Å². The summed E-state index contributed by atoms with van der Waals surface area (Å²) in [6.45, 7) is 5.23. The summed E-state index contributed by atoms with van der Waals surface area (Å²) in [4.78, 5) is 2.84. The third kappa shape index (κ3) is 3.30. The SMILES string of the molecule is COCCC1(CNCc2ccc(C)s2)CC1. The smallest absolute Gasteiger partial charge is 0.0468 e. The van der Waals surface area contributed by atoms with Crippen LogP contribution in [0.15, 0.2) is 12.1 Å². The summed E-state index contributed by atoms with van der Waals surface area (Å²) < 4.78 is 5.16. The van der Waals surface area contributed by atoms with E-state index < -0.39 is 0 Å². The first-order chi connectivity index (χ1) is 7.74. The zero-order valence-electron chi connectivity index (χ0n) is 10.2. The van der Waals surface area contributed by atoms with Gasteiger partial charge in [-0.1, -0.05) is 0 Å². The molecule has 3 heteroatoms. The lowest BCUT2D eigenvalue weighted by molar-refractivity contribution is 0.171. The van der Waals surface area contributed by atoms with Crippen LogP contribution in [0.1, 0.15) is 29.0 Å². The lowest BCUT2D eigenvalue weighted by atomic mass is 10.0. The van der Waals surface area contributed by atoms with Crippen molar-refractivity contribution in [3.63, 3.8) is 0 Å². The molecule has 16 heavy (non-hydrogen) atoms. The maximum atomic E-state index is 5.16. The van der Waals surface area contributed by atoms with Gasteiger partial charge in [0, 0.05) is 36.6 Å². The van der Waals surface area contributed by atoms with Gasteiger partial charge in [0.15, 0.2) is 0 Å². The fourth-order valence-corrected chi connectivity index (χ4v) is 2.90. The van der Waals surface area contributed by atoms with Crippen LogP contribution in [0.4, 0.5) is 0 Å². The van der Waals surface area contributed by atoms with Gasteiger partial charge < -0.3 is 10.1 Å². The second-order valence-electron chi connectivity index (χ2n) is 4.86. The molecule has 1 aromatic rings. The molecule has 1 fully saturated rings. The van der Waals surface area contributed by atoms with Crippen molar-refractivity contribution in [1.29, 1.82) is 0 Å². The van der Waals surface area contributed by atoms with Crippen LogP contribution >= 0.6 is 11.3 Å². The van der Waals surface area contributed by atoms with Crippen molar-refractivity contribution in [2.45, 2.75) is 32.7 Å². The van der Waals surface area contributed by atoms with E-state index in [0.717, 1.165) is 19.7 Å². The number of rotatable bonds is 7. The van der Waals surface area contributed by atoms with Crippen LogP contribution in [0.25, 0.3) is 0 Å². The molecule has 0 unspecified atom stereocenters. The van der Waals surface area contributed by atoms with Gasteiger partial charge in [-0.15, -0.1) is 11.3 Å². The van der Waals surface area contributed by atoms with E-state index in [1.165, 1.54) is 29.0 Å². The van der Waals surface area contributed by atoms with Gasteiger partial charge in [-0.3, -0.25) is 0 Å². The van der Waals surface area contributed by atoms with Gasteiger partial charge in [-0.25, -0.2) is 0 Å². The molecule has 1 saturated carbocycles. The first-order valence-electron chi connectivity index (χ1n) is 5.99. The highest BCUT2D eigenvalue weighted by atomic mass is 32.1. The molecule has 0 amide bonds. The molecular weight excluding hydrogens is 218 g/mol. The first-order valence-corrected chi connectivity index (χ1v) is 6.81. The summed E-state index contributed by atoms with van der Waals surface area (Å²) in [5.74, 6) is 0. The Morgan fingerprint density at radius 1 is 1.44 bits per heavy atom. The quantitative estimate of drug-likeness (QED) is 0.790. The minimum atomic E-state index is 0.558. The van der Waals surface area contributed by atoms with Gasteiger partial charge in [-0.2, -0.15) is 0 Å². The summed E-state index contributed by atoms with van der Waals surface area (Å²) in [6, 6.07) is 4.42. The molecule has 0 bridgehead atoms. The lowest BCUT2D eigenvalue weighted by Crippen LogP contribution is -2.24. The Morgan fingerprint density at radius 2 is 2.25 bits per heavy atom. The summed E-state index contributed by atoms with van der Waals surface area (Å²) in [5, 5.41) is 3.58. The highest BCUT2D eigenvalue weighted by molar-refractivity contribution is 7.11. The fourth-order valence-electron chi connectivity index (χ4n) is 2.04. The molecule has 1 heterocycles. The predicted molar refractivity (Wildman–Crippen MR) is 68.9 cm³/mol. The Labute approximate surface area is 102 Å². The second-order valence-corrected chi connectivity index (χ2v) is 6.23. The third-order valence-electron chi connectivity index (χ3n) is 3.39. The minimum absolute atomic E-state index is 0.558.